The molecule has 11 nitrogen and oxygen atoms in total. The van der Waals surface area contributed by atoms with Gasteiger partial charge in [-0.05, 0) is 18.4 Å². The zero-order valence-corrected chi connectivity index (χ0v) is 20.5. The Bertz CT molecular complexity index is 920. The van der Waals surface area contributed by atoms with Crippen molar-refractivity contribution in [2.75, 3.05) is 19.6 Å². The van der Waals surface area contributed by atoms with Gasteiger partial charge in [0.15, 0.2) is 0 Å². The van der Waals surface area contributed by atoms with Crippen molar-refractivity contribution in [1.82, 2.24) is 26.2 Å². The molecule has 5 amide bonds. The highest BCUT2D eigenvalue weighted by atomic mass is 16.3. The summed E-state index contributed by atoms with van der Waals surface area (Å²) in [6, 6.07) is 5.70. The molecule has 5 N–H and O–H groups in total. The number of hydrogen-bond acceptors (Lipinski definition) is 6. The Morgan fingerprint density at radius 2 is 1.63 bits per heavy atom. The smallest absolute Gasteiger partial charge is 0.245 e. The number of hydrogen-bond donors (Lipinski definition) is 5. The Hall–Kier alpha value is -3.47. The summed E-state index contributed by atoms with van der Waals surface area (Å²) < 4.78 is 0. The lowest BCUT2D eigenvalue weighted by Crippen LogP contribution is -2.60. The van der Waals surface area contributed by atoms with Crippen molar-refractivity contribution in [2.45, 2.75) is 58.3 Å². The maximum absolute atomic E-state index is 13.2. The number of benzene rings is 1. The maximum atomic E-state index is 13.2. The molecule has 1 aliphatic rings. The van der Waals surface area contributed by atoms with Crippen LogP contribution in [0.1, 0.15) is 33.3 Å². The summed E-state index contributed by atoms with van der Waals surface area (Å²) in [7, 11) is 0. The summed E-state index contributed by atoms with van der Waals surface area (Å²) in [6.45, 7) is 5.89. The molecule has 1 aliphatic heterocycles. The van der Waals surface area contributed by atoms with Gasteiger partial charge in [-0.25, -0.2) is 0 Å². The molecule has 0 radical (unpaired) electrons. The fourth-order valence-electron chi connectivity index (χ4n) is 3.68. The van der Waals surface area contributed by atoms with Crippen molar-refractivity contribution in [2.24, 2.45) is 5.92 Å². The third-order valence-corrected chi connectivity index (χ3v) is 5.70. The number of rotatable bonds is 4. The lowest BCUT2D eigenvalue weighted by molar-refractivity contribution is -0.136. The molecule has 0 aliphatic carbocycles. The van der Waals surface area contributed by atoms with Crippen LogP contribution in [-0.2, 0) is 30.4 Å². The van der Waals surface area contributed by atoms with Crippen LogP contribution in [0.25, 0.3) is 0 Å². The molecule has 1 heterocycles. The molecule has 192 valence electrons. The Morgan fingerprint density at radius 1 is 0.971 bits per heavy atom. The van der Waals surface area contributed by atoms with Crippen LogP contribution in [0, 0.1) is 5.92 Å². The lowest BCUT2D eigenvalue weighted by Gasteiger charge is -2.27. The largest absolute Gasteiger partial charge is 0.391 e. The number of amides is 5. The molecule has 2 rings (SSSR count). The van der Waals surface area contributed by atoms with E-state index in [9.17, 15) is 29.1 Å². The van der Waals surface area contributed by atoms with Crippen LogP contribution in [0.2, 0.25) is 0 Å². The Balaban J connectivity index is 2.40. The van der Waals surface area contributed by atoms with Gasteiger partial charge in [-0.2, -0.15) is 0 Å². The zero-order valence-electron chi connectivity index (χ0n) is 20.5. The Kier molecular flexibility index (Phi) is 10.2. The first-order valence-corrected chi connectivity index (χ1v) is 11.6. The standard InChI is InChI=1S/C24H35N5O6/c1-14(2)20-24(35)26-18(12-17-8-6-5-7-9-17)22(33)28-21(15(3)30)23(34)25-10-11-29(16(4)31)13-19(32)27-20/h5-9,14-15,18,20-21,30H,10-13H2,1-4H3,(H,25,34)(H,26,35)(H,27,32)(H,28,33)/t15-,18+,20-,21+/m1/s1. The Morgan fingerprint density at radius 3 is 2.20 bits per heavy atom. The number of carbonyl (C=O) groups is 5. The minimum Gasteiger partial charge on any atom is -0.391 e. The molecule has 4 atom stereocenters. The van der Waals surface area contributed by atoms with Crippen molar-refractivity contribution in [3.63, 3.8) is 0 Å². The third kappa shape index (κ3) is 8.36. The first-order valence-electron chi connectivity index (χ1n) is 11.6. The highest BCUT2D eigenvalue weighted by Gasteiger charge is 2.33. The van der Waals surface area contributed by atoms with Crippen LogP contribution in [0.4, 0.5) is 0 Å². The number of aliphatic hydroxyl groups excluding tert-OH is 1. The summed E-state index contributed by atoms with van der Waals surface area (Å²) in [4.78, 5) is 64.9. The molecule has 1 fully saturated rings. The minimum atomic E-state index is -1.28. The van der Waals surface area contributed by atoms with E-state index in [0.29, 0.717) is 0 Å². The van der Waals surface area contributed by atoms with Gasteiger partial charge >= 0.3 is 0 Å². The van der Waals surface area contributed by atoms with E-state index in [1.54, 1.807) is 38.1 Å². The molecule has 11 heteroatoms. The number of aliphatic hydroxyl groups is 1. The van der Waals surface area contributed by atoms with E-state index < -0.39 is 47.9 Å². The van der Waals surface area contributed by atoms with Gasteiger partial charge in [-0.15, -0.1) is 0 Å². The van der Waals surface area contributed by atoms with Crippen molar-refractivity contribution < 1.29 is 29.1 Å². The quantitative estimate of drug-likeness (QED) is 0.354. The molecule has 0 aromatic heterocycles. The van der Waals surface area contributed by atoms with E-state index in [-0.39, 0.29) is 37.9 Å². The van der Waals surface area contributed by atoms with Crippen LogP contribution >= 0.6 is 0 Å². The number of nitrogens with one attached hydrogen (secondary N) is 4. The highest BCUT2D eigenvalue weighted by Crippen LogP contribution is 2.08. The predicted octanol–water partition coefficient (Wildman–Crippen LogP) is -1.30. The first-order chi connectivity index (χ1) is 16.5. The fourth-order valence-corrected chi connectivity index (χ4v) is 3.68. The minimum absolute atomic E-state index is 0.00299. The normalized spacial score (nSPS) is 23.8. The molecular formula is C24H35N5O6. The van der Waals surface area contributed by atoms with E-state index in [1.807, 2.05) is 6.07 Å². The summed E-state index contributed by atoms with van der Waals surface area (Å²) in [5.74, 6) is -3.12. The van der Waals surface area contributed by atoms with Crippen LogP contribution in [0.15, 0.2) is 30.3 Å². The second-order valence-electron chi connectivity index (χ2n) is 9.00. The van der Waals surface area contributed by atoms with Crippen molar-refractivity contribution >= 4 is 29.5 Å². The molecule has 0 bridgehead atoms. The maximum Gasteiger partial charge on any atom is 0.245 e. The molecule has 0 spiro atoms. The van der Waals surface area contributed by atoms with Crippen LogP contribution in [-0.4, -0.2) is 83.4 Å². The van der Waals surface area contributed by atoms with Crippen LogP contribution in [0.5, 0.6) is 0 Å². The number of carbonyl (C=O) groups excluding carboxylic acids is 5. The first kappa shape index (κ1) is 27.8. The van der Waals surface area contributed by atoms with Gasteiger partial charge in [0.05, 0.1) is 12.6 Å². The second kappa shape index (κ2) is 12.8. The van der Waals surface area contributed by atoms with Crippen LogP contribution in [0.3, 0.4) is 0 Å². The van der Waals surface area contributed by atoms with Gasteiger partial charge < -0.3 is 31.3 Å². The SMILES string of the molecule is CC(=O)N1CCNC(=O)[C@H]([C@@H](C)O)NC(=O)[C@H](Cc2ccccc2)NC(=O)[C@@H](C(C)C)NC(=O)C1. The van der Waals surface area contributed by atoms with Crippen molar-refractivity contribution in [3.05, 3.63) is 35.9 Å². The molecule has 1 aromatic rings. The van der Waals surface area contributed by atoms with Gasteiger partial charge in [0, 0.05) is 26.4 Å². The van der Waals surface area contributed by atoms with E-state index in [1.165, 1.54) is 18.7 Å². The second-order valence-corrected chi connectivity index (χ2v) is 9.00. The zero-order chi connectivity index (χ0) is 26.1. The molecule has 35 heavy (non-hydrogen) atoms. The average molecular weight is 490 g/mol. The van der Waals surface area contributed by atoms with Gasteiger partial charge in [0.1, 0.15) is 18.1 Å². The van der Waals surface area contributed by atoms with E-state index in [2.05, 4.69) is 21.3 Å². The Labute approximate surface area is 205 Å². The summed E-state index contributed by atoms with van der Waals surface area (Å²) in [5, 5.41) is 20.6. The monoisotopic (exact) mass is 489 g/mol. The fraction of sp³-hybridized carbons (Fsp3) is 0.542. The highest BCUT2D eigenvalue weighted by molar-refractivity contribution is 5.95. The molecule has 0 unspecified atom stereocenters. The van der Waals surface area contributed by atoms with Gasteiger partial charge in [0.2, 0.25) is 29.5 Å². The third-order valence-electron chi connectivity index (χ3n) is 5.70. The number of nitrogens with zero attached hydrogens (tertiary/aromatic N) is 1. The average Bonchev–Trinajstić information content (AvgIpc) is 2.79. The van der Waals surface area contributed by atoms with Crippen molar-refractivity contribution in [1.29, 1.82) is 0 Å². The van der Waals surface area contributed by atoms with Gasteiger partial charge in [0.25, 0.3) is 0 Å². The van der Waals surface area contributed by atoms with Gasteiger partial charge in [-0.1, -0.05) is 44.2 Å². The summed E-state index contributed by atoms with van der Waals surface area (Å²) in [6.07, 6.45) is -1.10. The molecule has 0 saturated carbocycles. The molecular weight excluding hydrogens is 454 g/mol. The lowest BCUT2D eigenvalue weighted by atomic mass is 10.0. The van der Waals surface area contributed by atoms with Crippen molar-refractivity contribution in [3.8, 4) is 0 Å². The molecule has 1 saturated heterocycles. The van der Waals surface area contributed by atoms with E-state index in [4.69, 9.17) is 0 Å². The molecule has 1 aromatic carbocycles. The van der Waals surface area contributed by atoms with E-state index >= 15 is 0 Å². The van der Waals surface area contributed by atoms with E-state index in [0.717, 1.165) is 5.56 Å². The van der Waals surface area contributed by atoms with Gasteiger partial charge in [-0.3, -0.25) is 24.0 Å². The summed E-state index contributed by atoms with van der Waals surface area (Å²) >= 11 is 0. The summed E-state index contributed by atoms with van der Waals surface area (Å²) in [5.41, 5.74) is 0.770. The topological polar surface area (TPSA) is 157 Å². The predicted molar refractivity (Wildman–Crippen MR) is 128 cm³/mol. The van der Waals surface area contributed by atoms with Crippen LogP contribution < -0.4 is 21.3 Å².